The number of aryl methyl sites for hydroxylation is 2. The number of hydrogen-bond donors (Lipinski definition) is 2. The van der Waals surface area contributed by atoms with E-state index in [1.807, 2.05) is 25.1 Å². The highest BCUT2D eigenvalue weighted by Gasteiger charge is 2.25. The third-order valence-electron chi connectivity index (χ3n) is 5.14. The number of amides is 1. The predicted molar refractivity (Wildman–Crippen MR) is 106 cm³/mol. The van der Waals surface area contributed by atoms with Gasteiger partial charge in [-0.3, -0.25) is 9.59 Å². The van der Waals surface area contributed by atoms with Gasteiger partial charge in [0.2, 0.25) is 0 Å². The van der Waals surface area contributed by atoms with Gasteiger partial charge in [0.15, 0.2) is 0 Å². The van der Waals surface area contributed by atoms with Crippen molar-refractivity contribution in [2.45, 2.75) is 39.0 Å². The summed E-state index contributed by atoms with van der Waals surface area (Å²) >= 11 is 1.42. The number of thiophene rings is 1. The largest absolute Gasteiger partial charge is 0.360 e. The van der Waals surface area contributed by atoms with Gasteiger partial charge in [-0.15, -0.1) is 11.3 Å². The quantitative estimate of drug-likeness (QED) is 0.523. The first kappa shape index (κ1) is 17.5. The zero-order valence-electron chi connectivity index (χ0n) is 15.0. The number of nitriles is 1. The van der Waals surface area contributed by atoms with E-state index in [2.05, 4.69) is 16.4 Å². The number of ketones is 1. The van der Waals surface area contributed by atoms with Crippen LogP contribution in [0.15, 0.2) is 24.4 Å². The van der Waals surface area contributed by atoms with E-state index in [1.165, 1.54) is 11.3 Å². The van der Waals surface area contributed by atoms with Crippen molar-refractivity contribution in [3.63, 3.8) is 0 Å². The first-order chi connectivity index (χ1) is 13.1. The Kier molecular flexibility index (Phi) is 4.54. The number of H-pyrrole nitrogens is 1. The number of rotatable bonds is 4. The van der Waals surface area contributed by atoms with Crippen molar-refractivity contribution >= 4 is 38.9 Å². The average Bonchev–Trinajstić information content (AvgIpc) is 3.27. The maximum absolute atomic E-state index is 12.8. The van der Waals surface area contributed by atoms with Gasteiger partial charge in [-0.25, -0.2) is 0 Å². The molecule has 0 saturated heterocycles. The molecule has 136 valence electrons. The first-order valence-corrected chi connectivity index (χ1v) is 9.95. The third-order valence-corrected chi connectivity index (χ3v) is 6.35. The minimum absolute atomic E-state index is 0.359. The van der Waals surface area contributed by atoms with E-state index in [1.54, 1.807) is 6.20 Å². The second-order valence-corrected chi connectivity index (χ2v) is 7.81. The van der Waals surface area contributed by atoms with Gasteiger partial charge in [0.05, 0.1) is 11.1 Å². The van der Waals surface area contributed by atoms with E-state index in [0.29, 0.717) is 16.1 Å². The van der Waals surface area contributed by atoms with E-state index in [-0.39, 0.29) is 0 Å². The molecule has 0 spiro atoms. The summed E-state index contributed by atoms with van der Waals surface area (Å²) in [5.74, 6) is -1.29. The molecule has 1 amide bonds. The Morgan fingerprint density at radius 3 is 2.89 bits per heavy atom. The smallest absolute Gasteiger partial charge is 0.297 e. The maximum atomic E-state index is 12.8. The molecule has 0 atom stereocenters. The number of para-hydroxylation sites is 1. The number of carbonyl (C=O) groups excluding carboxylic acids is 2. The van der Waals surface area contributed by atoms with Gasteiger partial charge in [-0.05, 0) is 43.2 Å². The summed E-state index contributed by atoms with van der Waals surface area (Å²) in [6, 6.07) is 7.95. The SMILES string of the molecule is CCc1cccc2c(C(=O)C(=O)Nc3sc4c(c3C#N)CCCC4)c[nH]c12. The molecule has 27 heavy (non-hydrogen) atoms. The maximum Gasteiger partial charge on any atom is 0.297 e. The summed E-state index contributed by atoms with van der Waals surface area (Å²) in [6.45, 7) is 2.05. The van der Waals surface area contributed by atoms with Crippen molar-refractivity contribution in [1.29, 1.82) is 5.26 Å². The number of nitrogens with one attached hydrogen (secondary N) is 2. The lowest BCUT2D eigenvalue weighted by Crippen LogP contribution is -2.22. The molecule has 0 bridgehead atoms. The molecule has 4 rings (SSSR count). The molecule has 6 heteroatoms. The second kappa shape index (κ2) is 7.01. The monoisotopic (exact) mass is 377 g/mol. The molecule has 1 aliphatic rings. The van der Waals surface area contributed by atoms with Crippen LogP contribution in [0, 0.1) is 11.3 Å². The van der Waals surface area contributed by atoms with Crippen LogP contribution in [-0.2, 0) is 24.1 Å². The molecule has 5 nitrogen and oxygen atoms in total. The average molecular weight is 377 g/mol. The zero-order chi connectivity index (χ0) is 19.0. The number of aromatic nitrogens is 1. The van der Waals surface area contributed by atoms with Crippen LogP contribution in [0.3, 0.4) is 0 Å². The fourth-order valence-electron chi connectivity index (χ4n) is 3.75. The lowest BCUT2D eigenvalue weighted by Gasteiger charge is -2.09. The van der Waals surface area contributed by atoms with E-state index >= 15 is 0 Å². The summed E-state index contributed by atoms with van der Waals surface area (Å²) in [7, 11) is 0. The standard InChI is InChI=1S/C21H19N3O2S/c1-2-12-6-5-8-14-16(11-23-18(12)14)19(25)20(26)24-21-15(10-22)13-7-3-4-9-17(13)27-21/h5-6,8,11,23H,2-4,7,9H2,1H3,(H,24,26). The summed E-state index contributed by atoms with van der Waals surface area (Å²) in [6.07, 6.45) is 6.38. The van der Waals surface area contributed by atoms with Crippen molar-refractivity contribution in [2.75, 3.05) is 5.32 Å². The lowest BCUT2D eigenvalue weighted by atomic mass is 9.96. The summed E-state index contributed by atoms with van der Waals surface area (Å²) < 4.78 is 0. The highest BCUT2D eigenvalue weighted by Crippen LogP contribution is 2.37. The zero-order valence-corrected chi connectivity index (χ0v) is 15.8. The van der Waals surface area contributed by atoms with Crippen molar-refractivity contribution in [1.82, 2.24) is 4.98 Å². The van der Waals surface area contributed by atoms with Gasteiger partial charge in [0, 0.05) is 22.0 Å². The Bertz CT molecular complexity index is 1100. The van der Waals surface area contributed by atoms with Crippen LogP contribution in [0.25, 0.3) is 10.9 Å². The van der Waals surface area contributed by atoms with Crippen LogP contribution in [-0.4, -0.2) is 16.7 Å². The Balaban J connectivity index is 1.64. The highest BCUT2D eigenvalue weighted by atomic mass is 32.1. The van der Waals surface area contributed by atoms with Gasteiger partial charge in [0.25, 0.3) is 11.7 Å². The Hall–Kier alpha value is -2.91. The molecular weight excluding hydrogens is 358 g/mol. The van der Waals surface area contributed by atoms with Crippen molar-refractivity contribution in [3.05, 3.63) is 51.5 Å². The Morgan fingerprint density at radius 1 is 1.30 bits per heavy atom. The minimum Gasteiger partial charge on any atom is -0.360 e. The fourth-order valence-corrected chi connectivity index (χ4v) is 4.99. The molecule has 1 aliphatic carbocycles. The van der Waals surface area contributed by atoms with E-state index in [9.17, 15) is 14.9 Å². The van der Waals surface area contributed by atoms with E-state index in [4.69, 9.17) is 0 Å². The predicted octanol–water partition coefficient (Wildman–Crippen LogP) is 4.36. The Morgan fingerprint density at radius 2 is 2.11 bits per heavy atom. The number of fused-ring (bicyclic) bond motifs is 2. The third kappa shape index (κ3) is 2.94. The van der Waals surface area contributed by atoms with E-state index < -0.39 is 11.7 Å². The highest BCUT2D eigenvalue weighted by molar-refractivity contribution is 7.16. The van der Waals surface area contributed by atoms with Gasteiger partial charge < -0.3 is 10.3 Å². The number of nitrogens with zero attached hydrogens (tertiary/aromatic N) is 1. The van der Waals surface area contributed by atoms with E-state index in [0.717, 1.165) is 59.0 Å². The number of carbonyl (C=O) groups is 2. The van der Waals surface area contributed by atoms with Crippen LogP contribution in [0.2, 0.25) is 0 Å². The van der Waals surface area contributed by atoms with Crippen molar-refractivity contribution in [3.8, 4) is 6.07 Å². The van der Waals surface area contributed by atoms with Crippen molar-refractivity contribution in [2.24, 2.45) is 0 Å². The molecule has 3 aromatic rings. The molecule has 0 radical (unpaired) electrons. The molecular formula is C21H19N3O2S. The van der Waals surface area contributed by atoms with Crippen LogP contribution in [0.5, 0.6) is 0 Å². The van der Waals surface area contributed by atoms with Crippen LogP contribution < -0.4 is 5.32 Å². The summed E-state index contributed by atoms with van der Waals surface area (Å²) in [5, 5.41) is 13.5. The fraction of sp³-hybridized carbons (Fsp3) is 0.286. The lowest BCUT2D eigenvalue weighted by molar-refractivity contribution is -0.112. The number of hydrogen-bond acceptors (Lipinski definition) is 4. The topological polar surface area (TPSA) is 85.8 Å². The van der Waals surface area contributed by atoms with Gasteiger partial charge in [-0.2, -0.15) is 5.26 Å². The number of aromatic amines is 1. The number of anilines is 1. The molecule has 2 aromatic heterocycles. The molecule has 0 unspecified atom stereocenters. The second-order valence-electron chi connectivity index (χ2n) is 6.71. The molecule has 2 N–H and O–H groups in total. The Labute approximate surface area is 161 Å². The molecule has 0 aliphatic heterocycles. The number of Topliss-reactive ketones (excluding diaryl/α,β-unsaturated/α-hetero) is 1. The van der Waals surface area contributed by atoms with Gasteiger partial charge in [0.1, 0.15) is 11.1 Å². The molecule has 2 heterocycles. The normalized spacial score (nSPS) is 13.2. The van der Waals surface area contributed by atoms with Gasteiger partial charge in [-0.1, -0.05) is 25.1 Å². The molecule has 0 fully saturated rings. The van der Waals surface area contributed by atoms with Crippen LogP contribution >= 0.6 is 11.3 Å². The first-order valence-electron chi connectivity index (χ1n) is 9.13. The van der Waals surface area contributed by atoms with Crippen LogP contribution in [0.1, 0.15) is 51.7 Å². The molecule has 0 saturated carbocycles. The minimum atomic E-state index is -0.701. The van der Waals surface area contributed by atoms with Crippen LogP contribution in [0.4, 0.5) is 5.00 Å². The summed E-state index contributed by atoms with van der Waals surface area (Å²) in [4.78, 5) is 29.6. The summed E-state index contributed by atoms with van der Waals surface area (Å²) in [5.41, 5.74) is 3.90. The van der Waals surface area contributed by atoms with Crippen molar-refractivity contribution < 1.29 is 9.59 Å². The molecule has 1 aromatic carbocycles. The number of benzene rings is 1. The van der Waals surface area contributed by atoms with Gasteiger partial charge >= 0.3 is 0 Å².